The molecular formula is C16H23BrN2. The van der Waals surface area contributed by atoms with Gasteiger partial charge in [-0.05, 0) is 68.8 Å². The van der Waals surface area contributed by atoms with Gasteiger partial charge in [-0.25, -0.2) is 0 Å². The lowest BCUT2D eigenvalue weighted by molar-refractivity contribution is 0.292. The van der Waals surface area contributed by atoms with Crippen molar-refractivity contribution < 1.29 is 0 Å². The van der Waals surface area contributed by atoms with Crippen LogP contribution in [0.25, 0.3) is 0 Å². The Hall–Kier alpha value is -0.540. The normalized spacial score (nSPS) is 24.9. The summed E-state index contributed by atoms with van der Waals surface area (Å²) in [6, 6.07) is 6.75. The van der Waals surface area contributed by atoms with Crippen molar-refractivity contribution in [3.8, 4) is 0 Å². The van der Waals surface area contributed by atoms with Crippen molar-refractivity contribution in [1.29, 1.82) is 0 Å². The molecule has 2 heterocycles. The van der Waals surface area contributed by atoms with E-state index in [9.17, 15) is 0 Å². The van der Waals surface area contributed by atoms with E-state index in [2.05, 4.69) is 51.3 Å². The smallest absolute Gasteiger partial charge is 0.0377 e. The fourth-order valence-corrected chi connectivity index (χ4v) is 3.85. The van der Waals surface area contributed by atoms with Gasteiger partial charge < -0.3 is 10.2 Å². The Kier molecular flexibility index (Phi) is 4.13. The van der Waals surface area contributed by atoms with E-state index in [1.807, 2.05) is 0 Å². The van der Waals surface area contributed by atoms with Gasteiger partial charge in [-0.15, -0.1) is 0 Å². The highest BCUT2D eigenvalue weighted by molar-refractivity contribution is 9.10. The molecule has 1 N–H and O–H groups in total. The molecule has 2 saturated heterocycles. The van der Waals surface area contributed by atoms with E-state index in [0.29, 0.717) is 0 Å². The van der Waals surface area contributed by atoms with Gasteiger partial charge in [0.25, 0.3) is 0 Å². The number of nitrogens with zero attached hydrogens (tertiary/aromatic N) is 1. The lowest BCUT2D eigenvalue weighted by atomic mass is 9.83. The topological polar surface area (TPSA) is 15.3 Å². The maximum absolute atomic E-state index is 3.64. The average Bonchev–Trinajstić information content (AvgIpc) is 2.96. The average molecular weight is 323 g/mol. The Labute approximate surface area is 124 Å². The van der Waals surface area contributed by atoms with Crippen LogP contribution in [0.15, 0.2) is 22.7 Å². The third-order valence-corrected chi connectivity index (χ3v) is 5.68. The summed E-state index contributed by atoms with van der Waals surface area (Å²) in [5, 5.41) is 3.51. The van der Waals surface area contributed by atoms with Gasteiger partial charge in [0.2, 0.25) is 0 Å². The van der Waals surface area contributed by atoms with E-state index in [-0.39, 0.29) is 0 Å². The van der Waals surface area contributed by atoms with E-state index in [0.717, 1.165) is 11.8 Å². The zero-order chi connectivity index (χ0) is 13.2. The van der Waals surface area contributed by atoms with E-state index in [4.69, 9.17) is 0 Å². The number of aryl methyl sites for hydroxylation is 1. The van der Waals surface area contributed by atoms with Crippen molar-refractivity contribution in [3.63, 3.8) is 0 Å². The zero-order valence-electron chi connectivity index (χ0n) is 11.7. The molecule has 1 unspecified atom stereocenters. The summed E-state index contributed by atoms with van der Waals surface area (Å²) >= 11 is 3.64. The van der Waals surface area contributed by atoms with Crippen LogP contribution in [0.5, 0.6) is 0 Å². The predicted molar refractivity (Wildman–Crippen MR) is 84.8 cm³/mol. The first-order valence-corrected chi connectivity index (χ1v) is 8.25. The molecular weight excluding hydrogens is 300 g/mol. The van der Waals surface area contributed by atoms with Gasteiger partial charge in [0, 0.05) is 23.2 Å². The van der Waals surface area contributed by atoms with E-state index < -0.39 is 0 Å². The summed E-state index contributed by atoms with van der Waals surface area (Å²) in [6.45, 7) is 7.07. The van der Waals surface area contributed by atoms with Gasteiger partial charge in [0.15, 0.2) is 0 Å². The summed E-state index contributed by atoms with van der Waals surface area (Å²) in [6.07, 6.45) is 4.11. The van der Waals surface area contributed by atoms with Crippen LogP contribution >= 0.6 is 15.9 Å². The largest absolute Gasteiger partial charge is 0.371 e. The standard InChI is InChI=1S/C16H23BrN2/c1-12-2-3-15(10-16(12)17)19-8-5-13(6-9-19)14-4-7-18-11-14/h2-3,10,13-14,18H,4-9,11H2,1H3. The highest BCUT2D eigenvalue weighted by Gasteiger charge is 2.28. The van der Waals surface area contributed by atoms with Crippen LogP contribution < -0.4 is 10.2 Å². The molecule has 1 atom stereocenters. The molecule has 0 saturated carbocycles. The molecule has 19 heavy (non-hydrogen) atoms. The third-order valence-electron chi connectivity index (χ3n) is 4.83. The fraction of sp³-hybridized carbons (Fsp3) is 0.625. The van der Waals surface area contributed by atoms with Gasteiger partial charge in [-0.2, -0.15) is 0 Å². The number of nitrogens with one attached hydrogen (secondary N) is 1. The summed E-state index contributed by atoms with van der Waals surface area (Å²) < 4.78 is 1.23. The molecule has 1 aromatic carbocycles. The summed E-state index contributed by atoms with van der Waals surface area (Å²) in [5.74, 6) is 1.88. The molecule has 0 spiro atoms. The molecule has 104 valence electrons. The van der Waals surface area contributed by atoms with Crippen LogP contribution in [0.4, 0.5) is 5.69 Å². The number of hydrogen-bond donors (Lipinski definition) is 1. The maximum Gasteiger partial charge on any atom is 0.0377 e. The SMILES string of the molecule is Cc1ccc(N2CCC(C3CCNC3)CC2)cc1Br. The first-order valence-electron chi connectivity index (χ1n) is 7.46. The quantitative estimate of drug-likeness (QED) is 0.895. The zero-order valence-corrected chi connectivity index (χ0v) is 13.2. The lowest BCUT2D eigenvalue weighted by Gasteiger charge is -2.36. The minimum Gasteiger partial charge on any atom is -0.371 e. The second-order valence-corrected chi connectivity index (χ2v) is 6.87. The number of piperidine rings is 1. The number of anilines is 1. The molecule has 2 fully saturated rings. The first-order chi connectivity index (χ1) is 9.24. The second-order valence-electron chi connectivity index (χ2n) is 6.01. The Balaban J connectivity index is 1.61. The van der Waals surface area contributed by atoms with Crippen LogP contribution in [-0.2, 0) is 0 Å². The van der Waals surface area contributed by atoms with Crippen LogP contribution in [-0.4, -0.2) is 26.2 Å². The molecule has 2 aliphatic heterocycles. The molecule has 3 rings (SSSR count). The Morgan fingerprint density at radius 2 is 1.95 bits per heavy atom. The number of halogens is 1. The van der Waals surface area contributed by atoms with E-state index >= 15 is 0 Å². The van der Waals surface area contributed by atoms with Crippen molar-refractivity contribution in [3.05, 3.63) is 28.2 Å². The van der Waals surface area contributed by atoms with Crippen molar-refractivity contribution in [2.24, 2.45) is 11.8 Å². The summed E-state index contributed by atoms with van der Waals surface area (Å²) in [7, 11) is 0. The summed E-state index contributed by atoms with van der Waals surface area (Å²) in [5.41, 5.74) is 2.69. The number of benzene rings is 1. The number of rotatable bonds is 2. The van der Waals surface area contributed by atoms with Gasteiger partial charge in [-0.1, -0.05) is 22.0 Å². The molecule has 3 heteroatoms. The fourth-order valence-electron chi connectivity index (χ4n) is 3.49. The predicted octanol–water partition coefficient (Wildman–Crippen LogP) is 3.58. The molecule has 2 aliphatic rings. The van der Waals surface area contributed by atoms with Gasteiger partial charge in [0.1, 0.15) is 0 Å². The van der Waals surface area contributed by atoms with Crippen molar-refractivity contribution in [2.45, 2.75) is 26.2 Å². The molecule has 0 aliphatic carbocycles. The van der Waals surface area contributed by atoms with Crippen LogP contribution in [0.1, 0.15) is 24.8 Å². The highest BCUT2D eigenvalue weighted by atomic mass is 79.9. The monoisotopic (exact) mass is 322 g/mol. The molecule has 0 radical (unpaired) electrons. The Morgan fingerprint density at radius 3 is 2.58 bits per heavy atom. The van der Waals surface area contributed by atoms with Gasteiger partial charge >= 0.3 is 0 Å². The summed E-state index contributed by atoms with van der Waals surface area (Å²) in [4.78, 5) is 2.54. The van der Waals surface area contributed by atoms with Crippen molar-refractivity contribution in [1.82, 2.24) is 5.32 Å². The van der Waals surface area contributed by atoms with Crippen LogP contribution in [0.2, 0.25) is 0 Å². The van der Waals surface area contributed by atoms with Crippen molar-refractivity contribution in [2.75, 3.05) is 31.1 Å². The van der Waals surface area contributed by atoms with Crippen LogP contribution in [0, 0.1) is 18.8 Å². The third kappa shape index (κ3) is 2.97. The minimum atomic E-state index is 0.937. The van der Waals surface area contributed by atoms with E-state index in [1.165, 1.54) is 61.2 Å². The maximum atomic E-state index is 3.64. The van der Waals surface area contributed by atoms with Crippen LogP contribution in [0.3, 0.4) is 0 Å². The van der Waals surface area contributed by atoms with E-state index in [1.54, 1.807) is 0 Å². The first kappa shape index (κ1) is 13.4. The highest BCUT2D eigenvalue weighted by Crippen LogP contribution is 2.32. The molecule has 0 aromatic heterocycles. The Morgan fingerprint density at radius 1 is 1.16 bits per heavy atom. The van der Waals surface area contributed by atoms with Crippen molar-refractivity contribution >= 4 is 21.6 Å². The second kappa shape index (κ2) is 5.84. The molecule has 1 aromatic rings. The lowest BCUT2D eigenvalue weighted by Crippen LogP contribution is -2.36. The van der Waals surface area contributed by atoms with Gasteiger partial charge in [-0.3, -0.25) is 0 Å². The number of hydrogen-bond acceptors (Lipinski definition) is 2. The van der Waals surface area contributed by atoms with Gasteiger partial charge in [0.05, 0.1) is 0 Å². The Bertz CT molecular complexity index is 432. The minimum absolute atomic E-state index is 0.937. The molecule has 2 nitrogen and oxygen atoms in total. The molecule has 0 amide bonds. The molecule has 0 bridgehead atoms.